The Morgan fingerprint density at radius 2 is 1.66 bits per heavy atom. The largest absolute Gasteiger partial charge is 0.478 e. The zero-order chi connectivity index (χ0) is 26.3. The van der Waals surface area contributed by atoms with Crippen LogP contribution in [0.25, 0.3) is 27.6 Å². The molecule has 0 aliphatic heterocycles. The van der Waals surface area contributed by atoms with Crippen molar-refractivity contribution in [2.24, 2.45) is 0 Å². The van der Waals surface area contributed by atoms with Crippen LogP contribution in [0.5, 0.6) is 5.75 Å². The maximum Gasteiger partial charge on any atom is 0.328 e. The number of rotatable bonds is 6. The van der Waals surface area contributed by atoms with E-state index < -0.39 is 24.2 Å². The molecule has 0 saturated heterocycles. The summed E-state index contributed by atoms with van der Waals surface area (Å²) in [6.45, 7) is 13.6. The van der Waals surface area contributed by atoms with Crippen LogP contribution >= 0.6 is 0 Å². The molecular formula is C28H32F3NO3. The lowest BCUT2D eigenvalue weighted by molar-refractivity contribution is -0.131. The molecule has 0 fully saturated rings. The van der Waals surface area contributed by atoms with Gasteiger partial charge in [-0.15, -0.1) is 0 Å². The lowest BCUT2D eigenvalue weighted by Gasteiger charge is -2.30. The Morgan fingerprint density at radius 3 is 2.20 bits per heavy atom. The number of hydrogen-bond acceptors (Lipinski definition) is 2. The molecule has 1 aromatic heterocycles. The standard InChI is InChI=1S/C28H32F3NO3/c1-15(10-23(33)34)16-8-9-22-18(11-16)20(14-32-22)19-12-17(27(2,3)4)13-21(28(5,6)7)24(19)35-26(31)25(29)30/h8-14,25-26,32H,1-7H3,(H,33,34)/b15-10+. The lowest BCUT2D eigenvalue weighted by Crippen LogP contribution is -2.24. The first-order chi connectivity index (χ1) is 16.1. The fourth-order valence-electron chi connectivity index (χ4n) is 3.97. The highest BCUT2D eigenvalue weighted by Gasteiger charge is 2.31. The summed E-state index contributed by atoms with van der Waals surface area (Å²) < 4.78 is 46.1. The summed E-state index contributed by atoms with van der Waals surface area (Å²) in [5, 5.41) is 9.87. The number of aliphatic carboxylic acids is 1. The van der Waals surface area contributed by atoms with E-state index in [4.69, 9.17) is 9.84 Å². The summed E-state index contributed by atoms with van der Waals surface area (Å²) in [7, 11) is 0. The average molecular weight is 488 g/mol. The quantitative estimate of drug-likeness (QED) is 0.348. The maximum atomic E-state index is 14.3. The van der Waals surface area contributed by atoms with Crippen LogP contribution in [0.15, 0.2) is 42.6 Å². The second-order valence-electron chi connectivity index (χ2n) is 10.8. The van der Waals surface area contributed by atoms with E-state index in [0.717, 1.165) is 22.5 Å². The number of fused-ring (bicyclic) bond motifs is 1. The number of carbonyl (C=O) groups is 1. The minimum atomic E-state index is -3.30. The van der Waals surface area contributed by atoms with Crippen molar-refractivity contribution in [3.8, 4) is 16.9 Å². The number of aromatic amines is 1. The van der Waals surface area contributed by atoms with Gasteiger partial charge in [-0.25, -0.2) is 13.6 Å². The first kappa shape index (κ1) is 26.4. The molecule has 0 saturated carbocycles. The van der Waals surface area contributed by atoms with Crippen LogP contribution in [-0.2, 0) is 15.6 Å². The van der Waals surface area contributed by atoms with Crippen LogP contribution in [0.1, 0.15) is 65.2 Å². The molecule has 0 aliphatic carbocycles. The van der Waals surface area contributed by atoms with Gasteiger partial charge in [-0.1, -0.05) is 53.7 Å². The zero-order valence-corrected chi connectivity index (χ0v) is 21.1. The van der Waals surface area contributed by atoms with Gasteiger partial charge in [-0.3, -0.25) is 0 Å². The second kappa shape index (κ2) is 9.44. The van der Waals surface area contributed by atoms with Gasteiger partial charge < -0.3 is 14.8 Å². The van der Waals surface area contributed by atoms with Crippen LogP contribution in [0.4, 0.5) is 13.2 Å². The molecule has 0 aliphatic rings. The van der Waals surface area contributed by atoms with Gasteiger partial charge in [0.1, 0.15) is 5.75 Å². The highest BCUT2D eigenvalue weighted by molar-refractivity contribution is 6.00. The van der Waals surface area contributed by atoms with E-state index in [1.165, 1.54) is 0 Å². The minimum Gasteiger partial charge on any atom is -0.478 e. The summed E-state index contributed by atoms with van der Waals surface area (Å²) in [4.78, 5) is 14.3. The number of ether oxygens (including phenoxy) is 1. The number of halogens is 3. The third-order valence-electron chi connectivity index (χ3n) is 5.96. The zero-order valence-electron chi connectivity index (χ0n) is 21.1. The van der Waals surface area contributed by atoms with Gasteiger partial charge in [-0.05, 0) is 52.7 Å². The second-order valence-corrected chi connectivity index (χ2v) is 10.8. The molecule has 0 spiro atoms. The molecule has 188 valence electrons. The molecule has 2 N–H and O–H groups in total. The Bertz CT molecular complexity index is 1280. The van der Waals surface area contributed by atoms with Crippen molar-refractivity contribution >= 4 is 22.4 Å². The van der Waals surface area contributed by atoms with Crippen molar-refractivity contribution in [2.75, 3.05) is 0 Å². The molecule has 3 rings (SSSR count). The summed E-state index contributed by atoms with van der Waals surface area (Å²) in [5.41, 5.74) is 3.94. The van der Waals surface area contributed by atoms with E-state index in [1.54, 1.807) is 19.2 Å². The Hall–Kier alpha value is -3.22. The molecule has 0 radical (unpaired) electrons. The third kappa shape index (κ3) is 5.72. The normalized spacial score (nSPS) is 14.0. The Labute approximate surface area is 203 Å². The van der Waals surface area contributed by atoms with E-state index in [1.807, 2.05) is 65.8 Å². The molecule has 0 amide bonds. The van der Waals surface area contributed by atoms with Crippen LogP contribution < -0.4 is 4.74 Å². The number of H-pyrrole nitrogens is 1. The Balaban J connectivity index is 2.38. The number of nitrogens with one attached hydrogen (secondary N) is 1. The van der Waals surface area contributed by atoms with Gasteiger partial charge in [0.15, 0.2) is 0 Å². The molecule has 4 nitrogen and oxygen atoms in total. The highest BCUT2D eigenvalue weighted by Crippen LogP contribution is 2.45. The molecule has 2 aromatic carbocycles. The minimum absolute atomic E-state index is 0.0717. The molecule has 7 heteroatoms. The van der Waals surface area contributed by atoms with Gasteiger partial charge in [0.05, 0.1) is 0 Å². The average Bonchev–Trinajstić information content (AvgIpc) is 3.14. The molecule has 35 heavy (non-hydrogen) atoms. The number of benzene rings is 2. The fraction of sp³-hybridized carbons (Fsp3) is 0.393. The Morgan fingerprint density at radius 1 is 1.00 bits per heavy atom. The number of carboxylic acid groups (broad SMARTS) is 1. The number of hydrogen-bond donors (Lipinski definition) is 2. The van der Waals surface area contributed by atoms with E-state index >= 15 is 0 Å². The van der Waals surface area contributed by atoms with Gasteiger partial charge >= 0.3 is 12.4 Å². The number of carboxylic acids is 1. The van der Waals surface area contributed by atoms with Crippen LogP contribution in [-0.4, -0.2) is 28.8 Å². The van der Waals surface area contributed by atoms with Crippen molar-refractivity contribution in [1.82, 2.24) is 4.98 Å². The SMILES string of the molecule is C/C(=C\C(=O)O)c1ccc2[nH]cc(-c3cc(C(C)(C)C)cc(C(C)(C)C)c3OC(F)C(F)F)c2c1. The Kier molecular flexibility index (Phi) is 7.12. The van der Waals surface area contributed by atoms with Crippen LogP contribution in [0.2, 0.25) is 0 Å². The van der Waals surface area contributed by atoms with E-state index in [-0.39, 0.29) is 11.2 Å². The van der Waals surface area contributed by atoms with Gasteiger partial charge in [0, 0.05) is 39.9 Å². The van der Waals surface area contributed by atoms with Gasteiger partial charge in [0.2, 0.25) is 0 Å². The number of alkyl halides is 3. The predicted molar refractivity (Wildman–Crippen MR) is 134 cm³/mol. The van der Waals surface area contributed by atoms with Gasteiger partial charge in [0.25, 0.3) is 6.36 Å². The molecule has 1 atom stereocenters. The highest BCUT2D eigenvalue weighted by atomic mass is 19.3. The molecule has 1 heterocycles. The van der Waals surface area contributed by atoms with Crippen molar-refractivity contribution in [3.05, 3.63) is 59.3 Å². The fourth-order valence-corrected chi connectivity index (χ4v) is 3.97. The van der Waals surface area contributed by atoms with Crippen molar-refractivity contribution in [3.63, 3.8) is 0 Å². The maximum absolute atomic E-state index is 14.3. The molecule has 1 unspecified atom stereocenters. The number of aromatic nitrogens is 1. The summed E-state index contributed by atoms with van der Waals surface area (Å²) in [6, 6.07) is 9.22. The summed E-state index contributed by atoms with van der Waals surface area (Å²) in [6.07, 6.45) is -3.22. The van der Waals surface area contributed by atoms with E-state index in [0.29, 0.717) is 27.8 Å². The third-order valence-corrected chi connectivity index (χ3v) is 5.96. The van der Waals surface area contributed by atoms with Crippen LogP contribution in [0.3, 0.4) is 0 Å². The van der Waals surface area contributed by atoms with Crippen molar-refractivity contribution in [2.45, 2.75) is 72.1 Å². The van der Waals surface area contributed by atoms with Crippen molar-refractivity contribution < 1.29 is 27.8 Å². The summed E-state index contributed by atoms with van der Waals surface area (Å²) >= 11 is 0. The number of allylic oxidation sites excluding steroid dienone is 1. The van der Waals surface area contributed by atoms with E-state index in [2.05, 4.69) is 4.98 Å². The smallest absolute Gasteiger partial charge is 0.328 e. The lowest BCUT2D eigenvalue weighted by atomic mass is 9.78. The van der Waals surface area contributed by atoms with Crippen LogP contribution in [0, 0.1) is 0 Å². The molecular weight excluding hydrogens is 455 g/mol. The predicted octanol–water partition coefficient (Wildman–Crippen LogP) is 7.86. The molecule has 3 aromatic rings. The first-order valence-electron chi connectivity index (χ1n) is 11.4. The topological polar surface area (TPSA) is 62.3 Å². The monoisotopic (exact) mass is 487 g/mol. The molecule has 0 bridgehead atoms. The van der Waals surface area contributed by atoms with Gasteiger partial charge in [-0.2, -0.15) is 4.39 Å². The van der Waals surface area contributed by atoms with Crippen molar-refractivity contribution in [1.29, 1.82) is 0 Å². The van der Waals surface area contributed by atoms with E-state index in [9.17, 15) is 18.0 Å². The summed E-state index contributed by atoms with van der Waals surface area (Å²) in [5.74, 6) is -0.983. The first-order valence-corrected chi connectivity index (χ1v) is 11.4.